The molecule has 1 amide bonds. The number of aryl methyl sites for hydroxylation is 1. The number of ether oxygens (including phenoxy) is 1. The number of nitrogens with two attached hydrogens (primary N) is 1. The number of methoxy groups -OCH3 is 1. The Hall–Kier alpha value is -5.94. The van der Waals surface area contributed by atoms with Gasteiger partial charge >= 0.3 is 0 Å². The Bertz CT molecular complexity index is 2220. The van der Waals surface area contributed by atoms with Crippen LogP contribution in [0.15, 0.2) is 82.3 Å². The van der Waals surface area contributed by atoms with E-state index in [1.54, 1.807) is 54.7 Å². The van der Waals surface area contributed by atoms with Crippen molar-refractivity contribution in [3.8, 4) is 40.7 Å². The molecule has 0 fully saturated rings. The number of fused-ring (bicyclic) bond motifs is 3. The van der Waals surface area contributed by atoms with Crippen molar-refractivity contribution in [3.05, 3.63) is 123 Å². The van der Waals surface area contributed by atoms with Crippen LogP contribution < -0.4 is 21.1 Å². The second-order valence-electron chi connectivity index (χ2n) is 10.7. The zero-order valence-corrected chi connectivity index (χ0v) is 27.4. The molecule has 0 atom stereocenters. The Kier molecular flexibility index (Phi) is 10.0. The van der Waals surface area contributed by atoms with Crippen LogP contribution in [0.3, 0.4) is 0 Å². The maximum Gasteiger partial charge on any atom is 0.252 e. The molecule has 0 bridgehead atoms. The molecule has 1 aliphatic rings. The normalized spacial score (nSPS) is 11.4. The Morgan fingerprint density at radius 2 is 1.88 bits per heavy atom. The summed E-state index contributed by atoms with van der Waals surface area (Å²) in [4.78, 5) is 27.2. The van der Waals surface area contributed by atoms with Crippen molar-refractivity contribution in [1.29, 1.82) is 0 Å². The van der Waals surface area contributed by atoms with E-state index in [-0.39, 0.29) is 31.1 Å². The number of carbonyl (C=O) groups excluding carboxylic acids is 1. The number of nitrogens with one attached hydrogen (secondary N) is 2. The van der Waals surface area contributed by atoms with Gasteiger partial charge in [0.2, 0.25) is 5.95 Å². The highest BCUT2D eigenvalue weighted by Crippen LogP contribution is 2.36. The molecule has 0 saturated carbocycles. The van der Waals surface area contributed by atoms with E-state index < -0.39 is 5.82 Å². The average molecular weight is 673 g/mol. The molecule has 49 heavy (non-hydrogen) atoms. The lowest BCUT2D eigenvalue weighted by Gasteiger charge is -2.15. The number of aromatic nitrogens is 2. The quantitative estimate of drug-likeness (QED) is 0.174. The van der Waals surface area contributed by atoms with Gasteiger partial charge in [0, 0.05) is 39.2 Å². The highest BCUT2D eigenvalue weighted by Gasteiger charge is 2.25. The molecule has 0 aliphatic carbocycles. The maximum atomic E-state index is 15.2. The van der Waals surface area contributed by atoms with Crippen molar-refractivity contribution in [2.75, 3.05) is 25.5 Å². The van der Waals surface area contributed by atoms with Crippen LogP contribution in [0.5, 0.6) is 5.75 Å². The molecule has 0 unspecified atom stereocenters. The SMILES string of the molecule is CCc1cc(Nc2ncc3c(n2)-c2ccc(Cl)cc2C(c2c(F)cccc2OC)=NC3)ccc1C(=O)NCC#Cc1ccc(C#CCN)o1. The van der Waals surface area contributed by atoms with Crippen molar-refractivity contribution in [2.24, 2.45) is 10.7 Å². The van der Waals surface area contributed by atoms with Gasteiger partial charge in [-0.2, -0.15) is 0 Å². The minimum atomic E-state index is -0.461. The number of benzene rings is 3. The lowest BCUT2D eigenvalue weighted by molar-refractivity contribution is 0.0958. The third-order valence-electron chi connectivity index (χ3n) is 7.65. The number of anilines is 2. The molecule has 5 aromatic rings. The summed E-state index contributed by atoms with van der Waals surface area (Å²) in [6.07, 6.45) is 2.32. The lowest BCUT2D eigenvalue weighted by atomic mass is 9.94. The Morgan fingerprint density at radius 1 is 1.06 bits per heavy atom. The number of amides is 1. The minimum Gasteiger partial charge on any atom is -0.496 e. The van der Waals surface area contributed by atoms with Gasteiger partial charge in [-0.15, -0.1) is 0 Å². The van der Waals surface area contributed by atoms with Crippen LogP contribution in [0.2, 0.25) is 5.02 Å². The number of hydrogen-bond donors (Lipinski definition) is 3. The van der Waals surface area contributed by atoms with Crippen LogP contribution >= 0.6 is 11.6 Å². The number of nitrogens with zero attached hydrogens (tertiary/aromatic N) is 3. The zero-order valence-electron chi connectivity index (χ0n) is 26.7. The van der Waals surface area contributed by atoms with Gasteiger partial charge in [-0.3, -0.25) is 9.79 Å². The molecule has 2 aromatic heterocycles. The molecule has 244 valence electrons. The van der Waals surface area contributed by atoms with Crippen LogP contribution in [0, 0.1) is 29.5 Å². The Labute approximate surface area is 287 Å². The molecule has 11 heteroatoms. The van der Waals surface area contributed by atoms with Crippen LogP contribution in [0.1, 0.15) is 51.1 Å². The summed E-state index contributed by atoms with van der Waals surface area (Å²) >= 11 is 6.43. The van der Waals surface area contributed by atoms with E-state index in [0.29, 0.717) is 62.9 Å². The van der Waals surface area contributed by atoms with Gasteiger partial charge in [-0.25, -0.2) is 14.4 Å². The van der Waals surface area contributed by atoms with Crippen LogP contribution in [-0.2, 0) is 13.0 Å². The number of hydrogen-bond acceptors (Lipinski definition) is 8. The summed E-state index contributed by atoms with van der Waals surface area (Å²) in [5.74, 6) is 12.2. The van der Waals surface area contributed by atoms with Crippen molar-refractivity contribution in [3.63, 3.8) is 0 Å². The third-order valence-corrected chi connectivity index (χ3v) is 7.89. The average Bonchev–Trinajstić information content (AvgIpc) is 3.51. The smallest absolute Gasteiger partial charge is 0.252 e. The summed E-state index contributed by atoms with van der Waals surface area (Å²) < 4.78 is 26.2. The van der Waals surface area contributed by atoms with Crippen molar-refractivity contribution in [1.82, 2.24) is 15.3 Å². The molecule has 1 aliphatic heterocycles. The third kappa shape index (κ3) is 7.31. The monoisotopic (exact) mass is 672 g/mol. The van der Waals surface area contributed by atoms with E-state index in [2.05, 4.69) is 39.3 Å². The highest BCUT2D eigenvalue weighted by molar-refractivity contribution is 6.31. The van der Waals surface area contributed by atoms with Crippen molar-refractivity contribution in [2.45, 2.75) is 19.9 Å². The number of furan rings is 1. The first kappa shape index (κ1) is 33.0. The van der Waals surface area contributed by atoms with Gasteiger partial charge in [0.25, 0.3) is 5.91 Å². The second kappa shape index (κ2) is 14.9. The van der Waals surface area contributed by atoms with Crippen LogP contribution in [0.25, 0.3) is 11.3 Å². The van der Waals surface area contributed by atoms with Crippen LogP contribution in [-0.4, -0.2) is 41.8 Å². The van der Waals surface area contributed by atoms with E-state index >= 15 is 4.39 Å². The fourth-order valence-corrected chi connectivity index (χ4v) is 5.55. The first-order valence-electron chi connectivity index (χ1n) is 15.4. The number of aliphatic imine (C=N–C) groups is 1. The number of halogens is 2. The van der Waals surface area contributed by atoms with Gasteiger partial charge in [0.05, 0.1) is 43.7 Å². The molecule has 3 heterocycles. The molecule has 9 nitrogen and oxygen atoms in total. The molecule has 6 rings (SSSR count). The van der Waals surface area contributed by atoms with Gasteiger partial charge in [-0.05, 0) is 78.4 Å². The topological polar surface area (TPSA) is 128 Å². The van der Waals surface area contributed by atoms with Gasteiger partial charge < -0.3 is 25.5 Å². The van der Waals surface area contributed by atoms with Crippen molar-refractivity contribution >= 4 is 34.9 Å². The first-order chi connectivity index (χ1) is 23.9. The fraction of sp³-hybridized carbons (Fsp3) is 0.158. The zero-order chi connectivity index (χ0) is 34.3. The molecule has 0 radical (unpaired) electrons. The summed E-state index contributed by atoms with van der Waals surface area (Å²) in [5.41, 5.74) is 10.9. The Balaban J connectivity index is 1.21. The predicted octanol–water partition coefficient (Wildman–Crippen LogP) is 6.29. The van der Waals surface area contributed by atoms with Gasteiger partial charge in [0.1, 0.15) is 11.6 Å². The maximum absolute atomic E-state index is 15.2. The summed E-state index contributed by atoms with van der Waals surface area (Å²) in [6.45, 7) is 2.57. The molecule has 4 N–H and O–H groups in total. The van der Waals surface area contributed by atoms with E-state index in [9.17, 15) is 4.79 Å². The number of carbonyl (C=O) groups is 1. The van der Waals surface area contributed by atoms with Crippen LogP contribution in [0.4, 0.5) is 16.0 Å². The predicted molar refractivity (Wildman–Crippen MR) is 188 cm³/mol. The molecular weight excluding hydrogens is 643 g/mol. The molecule has 3 aromatic carbocycles. The summed E-state index contributed by atoms with van der Waals surface area (Å²) in [7, 11) is 1.49. The van der Waals surface area contributed by atoms with E-state index in [4.69, 9.17) is 36.5 Å². The summed E-state index contributed by atoms with van der Waals surface area (Å²) in [6, 6.07) is 18.9. The Morgan fingerprint density at radius 3 is 2.65 bits per heavy atom. The standard InChI is InChI=1S/C38H30ClFN6O3/c1-3-23-19-26(12-16-29(23)37(47)42-18-6-8-28-14-13-27(49-28)7-5-17-41)45-38-44-22-24-21-43-36(34-32(40)9-4-10-33(34)48-2)31-20-25(39)11-15-30(31)35(24)46-38/h4,9-16,19-20,22H,3,17-18,21,41H2,1-2H3,(H,42,47)(H,44,45,46). The molecule has 0 saturated heterocycles. The fourth-order valence-electron chi connectivity index (χ4n) is 5.38. The highest BCUT2D eigenvalue weighted by atomic mass is 35.5. The lowest BCUT2D eigenvalue weighted by Crippen LogP contribution is -2.24. The minimum absolute atomic E-state index is 0.136. The van der Waals surface area contributed by atoms with Crippen molar-refractivity contribution < 1.29 is 18.3 Å². The van der Waals surface area contributed by atoms with E-state index in [1.807, 2.05) is 19.1 Å². The largest absolute Gasteiger partial charge is 0.496 e. The van der Waals surface area contributed by atoms with Gasteiger partial charge in [0.15, 0.2) is 11.5 Å². The van der Waals surface area contributed by atoms with Gasteiger partial charge in [-0.1, -0.05) is 42.5 Å². The first-order valence-corrected chi connectivity index (χ1v) is 15.8. The number of rotatable bonds is 7. The molecular formula is C38H30ClFN6O3. The second-order valence-corrected chi connectivity index (χ2v) is 11.2. The summed E-state index contributed by atoms with van der Waals surface area (Å²) in [5, 5.41) is 6.58. The van der Waals surface area contributed by atoms with E-state index in [1.165, 1.54) is 13.2 Å². The van der Waals surface area contributed by atoms with E-state index in [0.717, 1.165) is 16.7 Å². The molecule has 0 spiro atoms.